The van der Waals surface area contributed by atoms with Crippen molar-refractivity contribution in [2.24, 2.45) is 0 Å². The van der Waals surface area contributed by atoms with Crippen LogP contribution in [0, 0.1) is 0 Å². The molecule has 0 bridgehead atoms. The standard InChI is InChI=1S/C12H22N2O4/c1-8(2)18-10-6-9(7-10)14-12(17)13-5-3-4-11(15)16/h8-10H,3-7H2,1-2H3,(H,15,16)(H2,13,14,17). The molecule has 0 aromatic rings. The average Bonchev–Trinajstić information content (AvgIpc) is 2.20. The Bertz CT molecular complexity index is 288. The first-order valence-corrected chi connectivity index (χ1v) is 6.39. The zero-order valence-corrected chi connectivity index (χ0v) is 10.9. The van der Waals surface area contributed by atoms with Crippen molar-refractivity contribution < 1.29 is 19.4 Å². The lowest BCUT2D eigenvalue weighted by Crippen LogP contribution is -2.51. The van der Waals surface area contributed by atoms with Crippen LogP contribution >= 0.6 is 0 Å². The van der Waals surface area contributed by atoms with E-state index in [2.05, 4.69) is 10.6 Å². The maximum Gasteiger partial charge on any atom is 0.315 e. The molecule has 1 rings (SSSR count). The molecule has 0 radical (unpaired) electrons. The van der Waals surface area contributed by atoms with Crippen LogP contribution in [0.2, 0.25) is 0 Å². The molecule has 3 N–H and O–H groups in total. The van der Waals surface area contributed by atoms with Crippen molar-refractivity contribution >= 4 is 12.0 Å². The Morgan fingerprint density at radius 2 is 2.06 bits per heavy atom. The lowest BCUT2D eigenvalue weighted by molar-refractivity contribution is -0.137. The first-order chi connectivity index (χ1) is 8.47. The van der Waals surface area contributed by atoms with Crippen LogP contribution in [-0.2, 0) is 9.53 Å². The van der Waals surface area contributed by atoms with Gasteiger partial charge in [-0.25, -0.2) is 4.79 Å². The Hall–Kier alpha value is -1.30. The highest BCUT2D eigenvalue weighted by molar-refractivity contribution is 5.74. The van der Waals surface area contributed by atoms with E-state index in [-0.39, 0.29) is 30.7 Å². The second kappa shape index (κ2) is 7.20. The van der Waals surface area contributed by atoms with Gasteiger partial charge in [0.15, 0.2) is 0 Å². The van der Waals surface area contributed by atoms with Crippen LogP contribution in [-0.4, -0.2) is 41.9 Å². The molecule has 1 aliphatic rings. The molecule has 6 nitrogen and oxygen atoms in total. The molecule has 104 valence electrons. The minimum Gasteiger partial charge on any atom is -0.481 e. The number of carbonyl (C=O) groups is 2. The summed E-state index contributed by atoms with van der Waals surface area (Å²) in [5, 5.41) is 13.9. The van der Waals surface area contributed by atoms with E-state index < -0.39 is 5.97 Å². The minimum absolute atomic E-state index is 0.0774. The van der Waals surface area contributed by atoms with Crippen LogP contribution in [0.15, 0.2) is 0 Å². The molecule has 0 atom stereocenters. The maximum absolute atomic E-state index is 11.4. The third-order valence-corrected chi connectivity index (χ3v) is 2.75. The second-order valence-corrected chi connectivity index (χ2v) is 4.87. The number of urea groups is 1. The summed E-state index contributed by atoms with van der Waals surface area (Å²) in [5.41, 5.74) is 0. The summed E-state index contributed by atoms with van der Waals surface area (Å²) in [7, 11) is 0. The van der Waals surface area contributed by atoms with E-state index in [1.54, 1.807) is 0 Å². The first-order valence-electron chi connectivity index (χ1n) is 6.39. The van der Waals surface area contributed by atoms with Crippen LogP contribution in [0.1, 0.15) is 39.5 Å². The quantitative estimate of drug-likeness (QED) is 0.597. The number of carbonyl (C=O) groups excluding carboxylic acids is 1. The molecule has 0 unspecified atom stereocenters. The number of aliphatic carboxylic acids is 1. The number of carboxylic acids is 1. The van der Waals surface area contributed by atoms with Gasteiger partial charge in [0.05, 0.1) is 12.2 Å². The smallest absolute Gasteiger partial charge is 0.315 e. The van der Waals surface area contributed by atoms with E-state index in [1.165, 1.54) is 0 Å². The zero-order valence-electron chi connectivity index (χ0n) is 10.9. The Kier molecular flexibility index (Phi) is 5.91. The van der Waals surface area contributed by atoms with E-state index >= 15 is 0 Å². The van der Waals surface area contributed by atoms with Gasteiger partial charge in [-0.3, -0.25) is 4.79 Å². The van der Waals surface area contributed by atoms with Crippen molar-refractivity contribution in [3.8, 4) is 0 Å². The molecule has 18 heavy (non-hydrogen) atoms. The van der Waals surface area contributed by atoms with Gasteiger partial charge in [0.2, 0.25) is 0 Å². The van der Waals surface area contributed by atoms with Gasteiger partial charge in [0.25, 0.3) is 0 Å². The van der Waals surface area contributed by atoms with E-state index in [9.17, 15) is 9.59 Å². The van der Waals surface area contributed by atoms with Crippen molar-refractivity contribution in [3.63, 3.8) is 0 Å². The minimum atomic E-state index is -0.843. The highest BCUT2D eigenvalue weighted by atomic mass is 16.5. The maximum atomic E-state index is 11.4. The summed E-state index contributed by atoms with van der Waals surface area (Å²) < 4.78 is 5.59. The SMILES string of the molecule is CC(C)OC1CC(NC(=O)NCCCC(=O)O)C1. The molecule has 0 aliphatic heterocycles. The van der Waals surface area contributed by atoms with Crippen LogP contribution in [0.3, 0.4) is 0 Å². The monoisotopic (exact) mass is 258 g/mol. The van der Waals surface area contributed by atoms with Gasteiger partial charge in [-0.05, 0) is 33.1 Å². The summed E-state index contributed by atoms with van der Waals surface area (Å²) in [5.74, 6) is -0.843. The van der Waals surface area contributed by atoms with Gasteiger partial charge in [-0.1, -0.05) is 0 Å². The van der Waals surface area contributed by atoms with Crippen molar-refractivity contribution in [2.75, 3.05) is 6.54 Å². The molecule has 1 saturated carbocycles. The molecule has 2 amide bonds. The highest BCUT2D eigenvalue weighted by Gasteiger charge is 2.31. The van der Waals surface area contributed by atoms with E-state index in [0.29, 0.717) is 13.0 Å². The topological polar surface area (TPSA) is 87.7 Å². The number of ether oxygens (including phenoxy) is 1. The molecular formula is C12H22N2O4. The number of hydrogen-bond acceptors (Lipinski definition) is 3. The van der Waals surface area contributed by atoms with Crippen LogP contribution in [0.25, 0.3) is 0 Å². The number of hydrogen-bond donors (Lipinski definition) is 3. The van der Waals surface area contributed by atoms with E-state index in [0.717, 1.165) is 12.8 Å². The molecule has 1 fully saturated rings. The summed E-state index contributed by atoms with van der Waals surface area (Å²) in [6, 6.07) is -0.0541. The Balaban J connectivity index is 2.00. The zero-order chi connectivity index (χ0) is 13.5. The normalized spacial score (nSPS) is 22.4. The number of amides is 2. The third-order valence-electron chi connectivity index (χ3n) is 2.75. The van der Waals surface area contributed by atoms with Crippen molar-refractivity contribution in [2.45, 2.75) is 57.8 Å². The molecule has 0 aromatic heterocycles. The fraction of sp³-hybridized carbons (Fsp3) is 0.833. The van der Waals surface area contributed by atoms with Gasteiger partial charge >= 0.3 is 12.0 Å². The number of carboxylic acid groups (broad SMARTS) is 1. The lowest BCUT2D eigenvalue weighted by atomic mass is 9.89. The van der Waals surface area contributed by atoms with Crippen molar-refractivity contribution in [3.05, 3.63) is 0 Å². The molecule has 0 spiro atoms. The van der Waals surface area contributed by atoms with Gasteiger partial charge in [0.1, 0.15) is 0 Å². The average molecular weight is 258 g/mol. The van der Waals surface area contributed by atoms with Crippen LogP contribution in [0.5, 0.6) is 0 Å². The summed E-state index contributed by atoms with van der Waals surface area (Å²) in [6.45, 7) is 4.38. The van der Waals surface area contributed by atoms with Gasteiger partial charge < -0.3 is 20.5 Å². The van der Waals surface area contributed by atoms with E-state index in [4.69, 9.17) is 9.84 Å². The summed E-state index contributed by atoms with van der Waals surface area (Å²) in [4.78, 5) is 21.7. The van der Waals surface area contributed by atoms with Crippen LogP contribution in [0.4, 0.5) is 4.79 Å². The molecule has 1 aliphatic carbocycles. The molecule has 0 heterocycles. The largest absolute Gasteiger partial charge is 0.481 e. The Morgan fingerprint density at radius 3 is 2.61 bits per heavy atom. The Morgan fingerprint density at radius 1 is 1.39 bits per heavy atom. The van der Waals surface area contributed by atoms with Crippen molar-refractivity contribution in [1.82, 2.24) is 10.6 Å². The van der Waals surface area contributed by atoms with Gasteiger partial charge in [0, 0.05) is 19.0 Å². The van der Waals surface area contributed by atoms with Gasteiger partial charge in [-0.15, -0.1) is 0 Å². The van der Waals surface area contributed by atoms with Gasteiger partial charge in [-0.2, -0.15) is 0 Å². The molecule has 0 saturated heterocycles. The first kappa shape index (κ1) is 14.8. The fourth-order valence-electron chi connectivity index (χ4n) is 1.86. The molecular weight excluding hydrogens is 236 g/mol. The lowest BCUT2D eigenvalue weighted by Gasteiger charge is -2.36. The predicted octanol–water partition coefficient (Wildman–Crippen LogP) is 1.11. The predicted molar refractivity (Wildman–Crippen MR) is 66.4 cm³/mol. The highest BCUT2D eigenvalue weighted by Crippen LogP contribution is 2.24. The van der Waals surface area contributed by atoms with Crippen LogP contribution < -0.4 is 10.6 Å². The number of rotatable bonds is 7. The summed E-state index contributed by atoms with van der Waals surface area (Å²) in [6.07, 6.45) is 2.70. The fourth-order valence-corrected chi connectivity index (χ4v) is 1.86. The molecule has 0 aromatic carbocycles. The second-order valence-electron chi connectivity index (χ2n) is 4.87. The van der Waals surface area contributed by atoms with Crippen molar-refractivity contribution in [1.29, 1.82) is 0 Å². The third kappa shape index (κ3) is 5.86. The number of nitrogens with one attached hydrogen (secondary N) is 2. The Labute approximate surface area is 107 Å². The molecule has 6 heteroatoms. The summed E-state index contributed by atoms with van der Waals surface area (Å²) >= 11 is 0. The van der Waals surface area contributed by atoms with E-state index in [1.807, 2.05) is 13.8 Å².